The molecule has 1 saturated heterocycles. The monoisotopic (exact) mass is 376 g/mol. The van der Waals surface area contributed by atoms with Crippen LogP contribution in [0.25, 0.3) is 0 Å². The third kappa shape index (κ3) is 5.04. The summed E-state index contributed by atoms with van der Waals surface area (Å²) < 4.78 is 9.27. The Morgan fingerprint density at radius 3 is 2.62 bits per heavy atom. The number of carbonyl (C=O) groups is 1. The fourth-order valence-electron chi connectivity index (χ4n) is 2.59. The Morgan fingerprint density at radius 2 is 2.04 bits per heavy atom. The van der Waals surface area contributed by atoms with Crippen molar-refractivity contribution < 1.29 is 9.53 Å². The maximum absolute atomic E-state index is 12.1. The minimum atomic E-state index is -0.463. The molecule has 2 aromatic heterocycles. The first-order valence-corrected chi connectivity index (χ1v) is 9.43. The van der Waals surface area contributed by atoms with Crippen LogP contribution >= 0.6 is 11.5 Å². The molecule has 9 heteroatoms. The summed E-state index contributed by atoms with van der Waals surface area (Å²) in [4.78, 5) is 20.6. The molecular weight excluding hydrogens is 352 g/mol. The van der Waals surface area contributed by atoms with Gasteiger partial charge in [0.2, 0.25) is 0 Å². The number of piperazine rings is 1. The van der Waals surface area contributed by atoms with Gasteiger partial charge in [-0.3, -0.25) is 0 Å². The van der Waals surface area contributed by atoms with E-state index in [9.17, 15) is 4.79 Å². The van der Waals surface area contributed by atoms with E-state index in [0.717, 1.165) is 30.3 Å². The van der Waals surface area contributed by atoms with Crippen molar-refractivity contribution in [3.63, 3.8) is 0 Å². The summed E-state index contributed by atoms with van der Waals surface area (Å²) in [7, 11) is 0. The molecule has 0 saturated carbocycles. The molecule has 1 aliphatic rings. The molecule has 1 N–H and O–H groups in total. The van der Waals surface area contributed by atoms with Gasteiger partial charge in [0, 0.05) is 31.6 Å². The molecule has 3 heterocycles. The lowest BCUT2D eigenvalue weighted by Gasteiger charge is -2.36. The van der Waals surface area contributed by atoms with Gasteiger partial charge in [-0.15, -0.1) is 5.10 Å². The lowest BCUT2D eigenvalue weighted by atomic mass is 10.2. The van der Waals surface area contributed by atoms with Crippen LogP contribution in [0, 0.1) is 0 Å². The predicted molar refractivity (Wildman–Crippen MR) is 101 cm³/mol. The number of carbonyl (C=O) groups excluding carboxylic acids is 1. The molecule has 8 nitrogen and oxygen atoms in total. The van der Waals surface area contributed by atoms with Gasteiger partial charge in [0.1, 0.15) is 11.4 Å². The molecule has 1 amide bonds. The molecule has 0 aromatic carbocycles. The number of nitrogens with one attached hydrogen (secondary N) is 1. The lowest BCUT2D eigenvalue weighted by molar-refractivity contribution is 0.0240. The van der Waals surface area contributed by atoms with Crippen LogP contribution in [0.5, 0.6) is 0 Å². The van der Waals surface area contributed by atoms with Gasteiger partial charge in [-0.05, 0) is 44.4 Å². The number of hydrogen-bond acceptors (Lipinski definition) is 8. The van der Waals surface area contributed by atoms with Gasteiger partial charge in [-0.1, -0.05) is 4.49 Å². The second-order valence-corrected chi connectivity index (χ2v) is 7.72. The first kappa shape index (κ1) is 18.4. The van der Waals surface area contributed by atoms with Crippen LogP contribution in [0.3, 0.4) is 0 Å². The summed E-state index contributed by atoms with van der Waals surface area (Å²) in [5, 5.41) is 9.13. The number of aromatic nitrogens is 3. The summed E-state index contributed by atoms with van der Waals surface area (Å²) in [6, 6.07) is 3.99. The van der Waals surface area contributed by atoms with Gasteiger partial charge < -0.3 is 19.9 Å². The minimum absolute atomic E-state index is 0.244. The number of hydrogen-bond donors (Lipinski definition) is 1. The minimum Gasteiger partial charge on any atom is -0.444 e. The highest BCUT2D eigenvalue weighted by atomic mass is 32.1. The number of nitrogens with zero attached hydrogens (tertiary/aromatic N) is 5. The Morgan fingerprint density at radius 1 is 1.27 bits per heavy atom. The quantitative estimate of drug-likeness (QED) is 0.878. The van der Waals surface area contributed by atoms with Gasteiger partial charge in [0.05, 0.1) is 24.1 Å². The lowest BCUT2D eigenvalue weighted by Crippen LogP contribution is -2.50. The van der Waals surface area contributed by atoms with Crippen LogP contribution in [0.15, 0.2) is 23.7 Å². The average Bonchev–Trinajstić information content (AvgIpc) is 3.13. The number of pyridine rings is 1. The van der Waals surface area contributed by atoms with Crippen molar-refractivity contribution >= 4 is 29.1 Å². The van der Waals surface area contributed by atoms with Crippen LogP contribution in [-0.2, 0) is 11.3 Å². The van der Waals surface area contributed by atoms with E-state index in [-0.39, 0.29) is 6.09 Å². The van der Waals surface area contributed by atoms with Gasteiger partial charge in [0.25, 0.3) is 0 Å². The van der Waals surface area contributed by atoms with Crippen molar-refractivity contribution in [1.82, 2.24) is 19.5 Å². The molecule has 0 aliphatic carbocycles. The molecule has 140 valence electrons. The summed E-state index contributed by atoms with van der Waals surface area (Å²) in [6.07, 6.45) is 1.61. The number of amides is 1. The molecule has 2 aromatic rings. The Hall–Kier alpha value is -2.42. The summed E-state index contributed by atoms with van der Waals surface area (Å²) >= 11 is 1.34. The maximum Gasteiger partial charge on any atom is 0.410 e. The molecule has 0 radical (unpaired) electrons. The Bertz CT molecular complexity index is 706. The van der Waals surface area contributed by atoms with E-state index in [1.165, 1.54) is 11.5 Å². The number of anilines is 2. The van der Waals surface area contributed by atoms with E-state index in [2.05, 4.69) is 24.8 Å². The molecule has 0 bridgehead atoms. The van der Waals surface area contributed by atoms with Crippen LogP contribution in [-0.4, -0.2) is 57.3 Å². The second-order valence-electron chi connectivity index (χ2n) is 7.11. The van der Waals surface area contributed by atoms with E-state index in [4.69, 9.17) is 4.74 Å². The van der Waals surface area contributed by atoms with Crippen LogP contribution in [0.1, 0.15) is 26.5 Å². The Labute approximate surface area is 157 Å². The second kappa shape index (κ2) is 7.86. The smallest absolute Gasteiger partial charge is 0.410 e. The highest BCUT2D eigenvalue weighted by Gasteiger charge is 2.25. The van der Waals surface area contributed by atoms with E-state index < -0.39 is 5.60 Å². The first-order valence-electron chi connectivity index (χ1n) is 8.59. The fourth-order valence-corrected chi connectivity index (χ4v) is 3.04. The number of rotatable bonds is 4. The van der Waals surface area contributed by atoms with Gasteiger partial charge in [-0.25, -0.2) is 9.78 Å². The third-order valence-corrected chi connectivity index (χ3v) is 4.45. The Kier molecular flexibility index (Phi) is 5.55. The fraction of sp³-hybridized carbons (Fsp3) is 0.529. The topological polar surface area (TPSA) is 83.5 Å². The van der Waals surface area contributed by atoms with Gasteiger partial charge >= 0.3 is 6.09 Å². The highest BCUT2D eigenvalue weighted by Crippen LogP contribution is 2.19. The van der Waals surface area contributed by atoms with Gasteiger partial charge in [0.15, 0.2) is 0 Å². The van der Waals surface area contributed by atoms with E-state index in [1.807, 2.05) is 44.5 Å². The average molecular weight is 376 g/mol. The van der Waals surface area contributed by atoms with Crippen molar-refractivity contribution in [3.05, 3.63) is 29.4 Å². The molecule has 0 spiro atoms. The zero-order valence-corrected chi connectivity index (χ0v) is 16.1. The largest absolute Gasteiger partial charge is 0.444 e. The maximum atomic E-state index is 12.1. The normalized spacial score (nSPS) is 15.0. The highest BCUT2D eigenvalue weighted by molar-refractivity contribution is 7.03. The standard InChI is InChI=1S/C17H24N6O2S/c1-17(2,3)25-16(24)23-8-6-22(7-9-23)14-4-5-15(19-11-14)18-10-13-12-26-21-20-13/h4-5,11-12H,6-10H2,1-3H3,(H,18,19). The van der Waals surface area contributed by atoms with Crippen LogP contribution < -0.4 is 10.2 Å². The molecule has 1 fully saturated rings. The summed E-state index contributed by atoms with van der Waals surface area (Å²) in [5.41, 5.74) is 1.49. The molecule has 26 heavy (non-hydrogen) atoms. The predicted octanol–water partition coefficient (Wildman–Crippen LogP) is 2.60. The van der Waals surface area contributed by atoms with Crippen molar-refractivity contribution in [2.45, 2.75) is 32.9 Å². The van der Waals surface area contributed by atoms with Crippen molar-refractivity contribution in [1.29, 1.82) is 0 Å². The molecule has 3 rings (SSSR count). The van der Waals surface area contributed by atoms with Gasteiger partial charge in [-0.2, -0.15) is 0 Å². The molecule has 0 atom stereocenters. The summed E-state index contributed by atoms with van der Waals surface area (Å²) in [5.74, 6) is 0.800. The van der Waals surface area contributed by atoms with E-state index in [1.54, 1.807) is 4.90 Å². The molecule has 1 aliphatic heterocycles. The third-order valence-electron chi connectivity index (χ3n) is 3.90. The van der Waals surface area contributed by atoms with E-state index in [0.29, 0.717) is 19.6 Å². The zero-order valence-electron chi connectivity index (χ0n) is 15.3. The molecule has 0 unspecified atom stereocenters. The van der Waals surface area contributed by atoms with Crippen LogP contribution in [0.4, 0.5) is 16.3 Å². The van der Waals surface area contributed by atoms with Crippen molar-refractivity contribution in [2.24, 2.45) is 0 Å². The van der Waals surface area contributed by atoms with Crippen molar-refractivity contribution in [2.75, 3.05) is 36.4 Å². The number of ether oxygens (including phenoxy) is 1. The SMILES string of the molecule is CC(C)(C)OC(=O)N1CCN(c2ccc(NCc3csnn3)nc2)CC1. The van der Waals surface area contributed by atoms with E-state index >= 15 is 0 Å². The first-order chi connectivity index (χ1) is 12.4. The van der Waals surface area contributed by atoms with Crippen molar-refractivity contribution in [3.8, 4) is 0 Å². The zero-order chi connectivity index (χ0) is 18.6. The molecular formula is C17H24N6O2S. The van der Waals surface area contributed by atoms with Crippen LogP contribution in [0.2, 0.25) is 0 Å². The Balaban J connectivity index is 1.49. The summed E-state index contributed by atoms with van der Waals surface area (Å²) in [6.45, 7) is 9.07.